The van der Waals surface area contributed by atoms with Crippen LogP contribution in [0.5, 0.6) is 0 Å². The molecule has 0 aliphatic carbocycles. The molecule has 0 fully saturated rings. The fourth-order valence-electron chi connectivity index (χ4n) is 2.05. The number of hydrogen-bond acceptors (Lipinski definition) is 3. The standard InChI is InChI=1S/C15H25BrN2O2S/c1-11(2)5-6-12(3)18-21(19,20)15-8-7-13(10-17-4)9-14(15)16/h7-9,11-12,17-18H,5-6,10H2,1-4H3. The van der Waals surface area contributed by atoms with Gasteiger partial charge >= 0.3 is 0 Å². The second kappa shape index (κ2) is 8.27. The summed E-state index contributed by atoms with van der Waals surface area (Å²) in [6.07, 6.45) is 1.85. The van der Waals surface area contributed by atoms with Gasteiger partial charge in [0.25, 0.3) is 0 Å². The lowest BCUT2D eigenvalue weighted by molar-refractivity contribution is 0.485. The molecular formula is C15H25BrN2O2S. The number of hydrogen-bond donors (Lipinski definition) is 2. The first-order chi connectivity index (χ1) is 9.76. The van der Waals surface area contributed by atoms with Crippen molar-refractivity contribution in [1.29, 1.82) is 0 Å². The van der Waals surface area contributed by atoms with E-state index in [0.29, 0.717) is 21.8 Å². The molecule has 1 aromatic carbocycles. The van der Waals surface area contributed by atoms with Gasteiger partial charge < -0.3 is 5.32 Å². The molecule has 120 valence electrons. The topological polar surface area (TPSA) is 58.2 Å². The SMILES string of the molecule is CNCc1ccc(S(=O)(=O)NC(C)CCC(C)C)c(Br)c1. The molecule has 0 bridgehead atoms. The number of benzene rings is 1. The highest BCUT2D eigenvalue weighted by Gasteiger charge is 2.20. The molecule has 0 spiro atoms. The highest BCUT2D eigenvalue weighted by Crippen LogP contribution is 2.24. The molecule has 1 unspecified atom stereocenters. The summed E-state index contributed by atoms with van der Waals surface area (Å²) < 4.78 is 28.2. The van der Waals surface area contributed by atoms with E-state index in [1.165, 1.54) is 0 Å². The van der Waals surface area contributed by atoms with Gasteiger partial charge in [0.1, 0.15) is 0 Å². The van der Waals surface area contributed by atoms with Crippen molar-refractivity contribution >= 4 is 26.0 Å². The Kier molecular flexibility index (Phi) is 7.33. The first kappa shape index (κ1) is 18.6. The van der Waals surface area contributed by atoms with Gasteiger partial charge in [-0.2, -0.15) is 0 Å². The summed E-state index contributed by atoms with van der Waals surface area (Å²) >= 11 is 3.36. The highest BCUT2D eigenvalue weighted by molar-refractivity contribution is 9.10. The lowest BCUT2D eigenvalue weighted by Crippen LogP contribution is -2.33. The van der Waals surface area contributed by atoms with E-state index < -0.39 is 10.0 Å². The molecule has 21 heavy (non-hydrogen) atoms. The number of rotatable bonds is 8. The number of halogens is 1. The van der Waals surface area contributed by atoms with E-state index in [1.54, 1.807) is 6.07 Å². The van der Waals surface area contributed by atoms with Crippen molar-refractivity contribution in [3.8, 4) is 0 Å². The molecule has 1 aromatic rings. The minimum Gasteiger partial charge on any atom is -0.316 e. The third-order valence-corrected chi connectivity index (χ3v) is 5.77. The summed E-state index contributed by atoms with van der Waals surface area (Å²) in [4.78, 5) is 0.291. The molecule has 0 radical (unpaired) electrons. The van der Waals surface area contributed by atoms with Crippen molar-refractivity contribution in [2.24, 2.45) is 5.92 Å². The summed E-state index contributed by atoms with van der Waals surface area (Å²) in [7, 11) is -1.63. The third-order valence-electron chi connectivity index (χ3n) is 3.20. The van der Waals surface area contributed by atoms with Crippen LogP contribution in [-0.2, 0) is 16.6 Å². The molecule has 0 aliphatic heterocycles. The fraction of sp³-hybridized carbons (Fsp3) is 0.600. The van der Waals surface area contributed by atoms with Crippen molar-refractivity contribution in [2.45, 2.75) is 51.1 Å². The quantitative estimate of drug-likeness (QED) is 0.731. The van der Waals surface area contributed by atoms with Crippen LogP contribution in [0.2, 0.25) is 0 Å². The molecule has 0 amide bonds. The van der Waals surface area contributed by atoms with E-state index in [1.807, 2.05) is 26.1 Å². The van der Waals surface area contributed by atoms with Crippen LogP contribution in [0.15, 0.2) is 27.6 Å². The first-order valence-corrected chi connectivity index (χ1v) is 9.49. The Morgan fingerprint density at radius 3 is 2.38 bits per heavy atom. The molecule has 2 N–H and O–H groups in total. The average molecular weight is 377 g/mol. The van der Waals surface area contributed by atoms with Gasteiger partial charge in [-0.25, -0.2) is 13.1 Å². The molecule has 1 rings (SSSR count). The highest BCUT2D eigenvalue weighted by atomic mass is 79.9. The molecular weight excluding hydrogens is 352 g/mol. The summed E-state index contributed by atoms with van der Waals surface area (Å²) in [5.41, 5.74) is 1.04. The molecule has 4 nitrogen and oxygen atoms in total. The zero-order valence-electron chi connectivity index (χ0n) is 13.1. The van der Waals surface area contributed by atoms with Crippen LogP contribution < -0.4 is 10.0 Å². The maximum atomic E-state index is 12.4. The summed E-state index contributed by atoms with van der Waals surface area (Å²) in [5.74, 6) is 0.574. The normalized spacial score (nSPS) is 13.6. The minimum atomic E-state index is -3.49. The van der Waals surface area contributed by atoms with E-state index in [4.69, 9.17) is 0 Å². The monoisotopic (exact) mass is 376 g/mol. The second-order valence-corrected chi connectivity index (χ2v) is 8.33. The Morgan fingerprint density at radius 1 is 1.19 bits per heavy atom. The van der Waals surface area contributed by atoms with E-state index in [-0.39, 0.29) is 6.04 Å². The van der Waals surface area contributed by atoms with Crippen LogP contribution in [0, 0.1) is 5.92 Å². The van der Waals surface area contributed by atoms with Crippen molar-refractivity contribution in [3.63, 3.8) is 0 Å². The van der Waals surface area contributed by atoms with Gasteiger partial charge in [0.2, 0.25) is 10.0 Å². The van der Waals surface area contributed by atoms with Gasteiger partial charge in [0.15, 0.2) is 0 Å². The molecule has 1 atom stereocenters. The van der Waals surface area contributed by atoms with Crippen LogP contribution in [0.1, 0.15) is 39.2 Å². The molecule has 6 heteroatoms. The van der Waals surface area contributed by atoms with E-state index in [0.717, 1.165) is 18.4 Å². The van der Waals surface area contributed by atoms with Crippen LogP contribution in [0.3, 0.4) is 0 Å². The van der Waals surface area contributed by atoms with Gasteiger partial charge in [-0.15, -0.1) is 0 Å². The van der Waals surface area contributed by atoms with Gasteiger partial charge in [0, 0.05) is 17.1 Å². The molecule has 0 saturated carbocycles. The van der Waals surface area contributed by atoms with Crippen molar-refractivity contribution in [1.82, 2.24) is 10.0 Å². The Hall–Kier alpha value is -0.430. The number of nitrogens with one attached hydrogen (secondary N) is 2. The predicted molar refractivity (Wildman–Crippen MR) is 90.8 cm³/mol. The van der Waals surface area contributed by atoms with E-state index >= 15 is 0 Å². The molecule has 0 aliphatic rings. The zero-order chi connectivity index (χ0) is 16.0. The molecule has 0 saturated heterocycles. The summed E-state index contributed by atoms with van der Waals surface area (Å²) in [6, 6.07) is 5.24. The Morgan fingerprint density at radius 2 is 1.86 bits per heavy atom. The van der Waals surface area contributed by atoms with Crippen LogP contribution >= 0.6 is 15.9 Å². The summed E-state index contributed by atoms with van der Waals surface area (Å²) in [6.45, 7) is 6.89. The smallest absolute Gasteiger partial charge is 0.241 e. The van der Waals surface area contributed by atoms with E-state index in [9.17, 15) is 8.42 Å². The Labute approximate surface area is 136 Å². The van der Waals surface area contributed by atoms with Gasteiger partial charge in [-0.1, -0.05) is 19.9 Å². The first-order valence-electron chi connectivity index (χ1n) is 7.21. The average Bonchev–Trinajstić information content (AvgIpc) is 2.36. The van der Waals surface area contributed by atoms with Crippen molar-refractivity contribution in [3.05, 3.63) is 28.2 Å². The van der Waals surface area contributed by atoms with Gasteiger partial charge in [-0.3, -0.25) is 0 Å². The molecule has 0 aromatic heterocycles. The van der Waals surface area contributed by atoms with Crippen LogP contribution in [0.4, 0.5) is 0 Å². The molecule has 0 heterocycles. The maximum absolute atomic E-state index is 12.4. The lowest BCUT2D eigenvalue weighted by Gasteiger charge is -2.16. The van der Waals surface area contributed by atoms with Crippen molar-refractivity contribution in [2.75, 3.05) is 7.05 Å². The second-order valence-electron chi connectivity index (χ2n) is 5.79. The maximum Gasteiger partial charge on any atom is 0.241 e. The largest absolute Gasteiger partial charge is 0.316 e. The zero-order valence-corrected chi connectivity index (χ0v) is 15.5. The van der Waals surface area contributed by atoms with Crippen LogP contribution in [-0.4, -0.2) is 21.5 Å². The fourth-order valence-corrected chi connectivity index (χ4v) is 4.45. The lowest BCUT2D eigenvalue weighted by atomic mass is 10.1. The summed E-state index contributed by atoms with van der Waals surface area (Å²) in [5, 5.41) is 3.04. The Bertz CT molecular complexity index is 559. The Balaban J connectivity index is 2.83. The predicted octanol–water partition coefficient (Wildman–Crippen LogP) is 3.27. The van der Waals surface area contributed by atoms with E-state index in [2.05, 4.69) is 39.8 Å². The third kappa shape index (κ3) is 6.06. The van der Waals surface area contributed by atoms with Crippen LogP contribution in [0.25, 0.3) is 0 Å². The minimum absolute atomic E-state index is 0.0683. The van der Waals surface area contributed by atoms with Crippen molar-refractivity contribution < 1.29 is 8.42 Å². The van der Waals surface area contributed by atoms with Gasteiger partial charge in [0.05, 0.1) is 4.90 Å². The van der Waals surface area contributed by atoms with Gasteiger partial charge in [-0.05, 0) is 66.4 Å². The number of sulfonamides is 1.